The highest BCUT2D eigenvalue weighted by atomic mass is 16.5. The van der Waals surface area contributed by atoms with Gasteiger partial charge in [-0.2, -0.15) is 0 Å². The van der Waals surface area contributed by atoms with Crippen LogP contribution in [-0.4, -0.2) is 13.7 Å². The van der Waals surface area contributed by atoms with Gasteiger partial charge >= 0.3 is 0 Å². The zero-order valence-corrected chi connectivity index (χ0v) is 13.3. The summed E-state index contributed by atoms with van der Waals surface area (Å²) in [5.41, 5.74) is 4.98. The van der Waals surface area contributed by atoms with Crippen LogP contribution in [0.4, 0.5) is 5.69 Å². The third-order valence-corrected chi connectivity index (χ3v) is 3.89. The Morgan fingerprint density at radius 1 is 0.739 bits per heavy atom. The Morgan fingerprint density at radius 3 is 2.04 bits per heavy atom. The first-order valence-corrected chi connectivity index (χ1v) is 7.87. The first-order chi connectivity index (χ1) is 11.3. The molecule has 0 saturated heterocycles. The fourth-order valence-electron chi connectivity index (χ4n) is 2.55. The Hall–Kier alpha value is -2.74. The van der Waals surface area contributed by atoms with Crippen molar-refractivity contribution in [3.05, 3.63) is 84.4 Å². The largest absolute Gasteiger partial charge is 0.497 e. The van der Waals surface area contributed by atoms with Gasteiger partial charge in [0.25, 0.3) is 0 Å². The zero-order chi connectivity index (χ0) is 15.9. The van der Waals surface area contributed by atoms with Crippen LogP contribution in [0.1, 0.15) is 5.56 Å². The van der Waals surface area contributed by atoms with E-state index in [1.165, 1.54) is 16.7 Å². The smallest absolute Gasteiger partial charge is 0.119 e. The third kappa shape index (κ3) is 4.13. The molecule has 0 heterocycles. The van der Waals surface area contributed by atoms with Gasteiger partial charge < -0.3 is 10.1 Å². The Labute approximate surface area is 137 Å². The molecule has 0 unspecified atom stereocenters. The van der Waals surface area contributed by atoms with E-state index in [9.17, 15) is 0 Å². The van der Waals surface area contributed by atoms with Crippen LogP contribution in [0.25, 0.3) is 11.1 Å². The maximum atomic E-state index is 5.16. The summed E-state index contributed by atoms with van der Waals surface area (Å²) >= 11 is 0. The molecule has 0 atom stereocenters. The lowest BCUT2D eigenvalue weighted by atomic mass is 10.0. The van der Waals surface area contributed by atoms with Crippen molar-refractivity contribution < 1.29 is 4.74 Å². The normalized spacial score (nSPS) is 10.3. The van der Waals surface area contributed by atoms with E-state index in [1.54, 1.807) is 7.11 Å². The molecule has 0 aromatic heterocycles. The van der Waals surface area contributed by atoms with Crippen LogP contribution in [0.15, 0.2) is 78.9 Å². The van der Waals surface area contributed by atoms with Gasteiger partial charge in [-0.15, -0.1) is 0 Å². The molecule has 0 spiro atoms. The predicted octanol–water partition coefficient (Wildman–Crippen LogP) is 5.02. The van der Waals surface area contributed by atoms with Crippen molar-refractivity contribution in [3.8, 4) is 16.9 Å². The van der Waals surface area contributed by atoms with Crippen molar-refractivity contribution in [1.82, 2.24) is 0 Å². The Balaban J connectivity index is 1.54. The van der Waals surface area contributed by atoms with E-state index in [4.69, 9.17) is 4.74 Å². The Bertz CT molecular complexity index is 718. The topological polar surface area (TPSA) is 21.3 Å². The second kappa shape index (κ2) is 7.50. The molecular weight excluding hydrogens is 282 g/mol. The van der Waals surface area contributed by atoms with Gasteiger partial charge in [-0.3, -0.25) is 0 Å². The summed E-state index contributed by atoms with van der Waals surface area (Å²) in [4.78, 5) is 0. The molecule has 0 fully saturated rings. The molecule has 0 saturated carbocycles. The van der Waals surface area contributed by atoms with Gasteiger partial charge in [-0.25, -0.2) is 0 Å². The Morgan fingerprint density at radius 2 is 1.39 bits per heavy atom. The lowest BCUT2D eigenvalue weighted by Gasteiger charge is -2.08. The van der Waals surface area contributed by atoms with E-state index >= 15 is 0 Å². The van der Waals surface area contributed by atoms with Crippen LogP contribution in [0.5, 0.6) is 5.75 Å². The SMILES string of the molecule is COc1ccc(NCCc2ccc(-c3ccccc3)cc2)cc1. The van der Waals surface area contributed by atoms with Gasteiger partial charge in [0.15, 0.2) is 0 Å². The van der Waals surface area contributed by atoms with Crippen LogP contribution in [-0.2, 0) is 6.42 Å². The highest BCUT2D eigenvalue weighted by Gasteiger charge is 1.98. The summed E-state index contributed by atoms with van der Waals surface area (Å²) in [6.07, 6.45) is 1.00. The van der Waals surface area contributed by atoms with E-state index in [2.05, 4.69) is 53.8 Å². The number of hydrogen-bond donors (Lipinski definition) is 1. The Kier molecular flexibility index (Phi) is 4.95. The van der Waals surface area contributed by atoms with Gasteiger partial charge in [0, 0.05) is 12.2 Å². The van der Waals surface area contributed by atoms with Crippen molar-refractivity contribution in [2.75, 3.05) is 19.0 Å². The van der Waals surface area contributed by atoms with Crippen molar-refractivity contribution in [1.29, 1.82) is 0 Å². The first-order valence-electron chi connectivity index (χ1n) is 7.87. The number of benzene rings is 3. The summed E-state index contributed by atoms with van der Waals surface area (Å²) in [6.45, 7) is 0.914. The number of anilines is 1. The molecule has 0 aliphatic carbocycles. The quantitative estimate of drug-likeness (QED) is 0.690. The molecule has 0 amide bonds. The molecule has 3 rings (SSSR count). The number of methoxy groups -OCH3 is 1. The highest BCUT2D eigenvalue weighted by Crippen LogP contribution is 2.19. The van der Waals surface area contributed by atoms with Gasteiger partial charge in [-0.05, 0) is 47.4 Å². The molecule has 0 aliphatic rings. The van der Waals surface area contributed by atoms with Crippen molar-refractivity contribution in [2.24, 2.45) is 0 Å². The predicted molar refractivity (Wildman–Crippen MR) is 97.1 cm³/mol. The monoisotopic (exact) mass is 303 g/mol. The van der Waals surface area contributed by atoms with E-state index in [0.717, 1.165) is 24.4 Å². The highest BCUT2D eigenvalue weighted by molar-refractivity contribution is 5.63. The van der Waals surface area contributed by atoms with Gasteiger partial charge in [0.2, 0.25) is 0 Å². The summed E-state index contributed by atoms with van der Waals surface area (Å²) in [5.74, 6) is 0.882. The minimum absolute atomic E-state index is 0.882. The van der Waals surface area contributed by atoms with Crippen LogP contribution in [0.3, 0.4) is 0 Å². The van der Waals surface area contributed by atoms with Crippen molar-refractivity contribution in [2.45, 2.75) is 6.42 Å². The van der Waals surface area contributed by atoms with E-state index in [0.29, 0.717) is 0 Å². The molecule has 2 nitrogen and oxygen atoms in total. The molecular formula is C21H21NO. The molecule has 0 radical (unpaired) electrons. The van der Waals surface area contributed by atoms with Crippen molar-refractivity contribution in [3.63, 3.8) is 0 Å². The minimum atomic E-state index is 0.882. The van der Waals surface area contributed by atoms with Gasteiger partial charge in [-0.1, -0.05) is 54.6 Å². The number of hydrogen-bond acceptors (Lipinski definition) is 2. The second-order valence-electron chi connectivity index (χ2n) is 5.47. The summed E-state index contributed by atoms with van der Waals surface area (Å²) in [6, 6.07) is 27.3. The maximum Gasteiger partial charge on any atom is 0.119 e. The van der Waals surface area contributed by atoms with E-state index < -0.39 is 0 Å². The lowest BCUT2D eigenvalue weighted by Crippen LogP contribution is -2.04. The van der Waals surface area contributed by atoms with E-state index in [-0.39, 0.29) is 0 Å². The minimum Gasteiger partial charge on any atom is -0.497 e. The molecule has 3 aromatic rings. The standard InChI is InChI=1S/C21H21NO/c1-23-21-13-11-20(12-14-21)22-16-15-17-7-9-19(10-8-17)18-5-3-2-4-6-18/h2-14,22H,15-16H2,1H3. The first kappa shape index (κ1) is 15.2. The third-order valence-electron chi connectivity index (χ3n) is 3.89. The average molecular weight is 303 g/mol. The number of rotatable bonds is 6. The fourth-order valence-corrected chi connectivity index (χ4v) is 2.55. The summed E-state index contributed by atoms with van der Waals surface area (Å²) < 4.78 is 5.16. The van der Waals surface area contributed by atoms with E-state index in [1.807, 2.05) is 30.3 Å². The molecule has 3 aromatic carbocycles. The van der Waals surface area contributed by atoms with Gasteiger partial charge in [0.05, 0.1) is 7.11 Å². The average Bonchev–Trinajstić information content (AvgIpc) is 2.64. The van der Waals surface area contributed by atoms with Crippen LogP contribution < -0.4 is 10.1 Å². The van der Waals surface area contributed by atoms with Crippen LogP contribution in [0, 0.1) is 0 Å². The maximum absolute atomic E-state index is 5.16. The molecule has 0 aliphatic heterocycles. The number of ether oxygens (including phenoxy) is 1. The summed E-state index contributed by atoms with van der Waals surface area (Å²) in [5, 5.41) is 3.44. The molecule has 1 N–H and O–H groups in total. The summed E-state index contributed by atoms with van der Waals surface area (Å²) in [7, 11) is 1.68. The lowest BCUT2D eigenvalue weighted by molar-refractivity contribution is 0.415. The zero-order valence-electron chi connectivity index (χ0n) is 13.3. The van der Waals surface area contributed by atoms with Gasteiger partial charge in [0.1, 0.15) is 5.75 Å². The van der Waals surface area contributed by atoms with Crippen molar-refractivity contribution >= 4 is 5.69 Å². The molecule has 23 heavy (non-hydrogen) atoms. The number of nitrogens with one attached hydrogen (secondary N) is 1. The second-order valence-corrected chi connectivity index (χ2v) is 5.47. The van der Waals surface area contributed by atoms with Crippen LogP contribution >= 0.6 is 0 Å². The fraction of sp³-hybridized carbons (Fsp3) is 0.143. The molecule has 0 bridgehead atoms. The molecule has 2 heteroatoms. The van der Waals surface area contributed by atoms with Crippen LogP contribution in [0.2, 0.25) is 0 Å². The molecule has 116 valence electrons.